The monoisotopic (exact) mass is 632 g/mol. The lowest BCUT2D eigenvalue weighted by atomic mass is 9.98. The van der Waals surface area contributed by atoms with Crippen LogP contribution < -0.4 is 26.7 Å². The van der Waals surface area contributed by atoms with Gasteiger partial charge in [0.1, 0.15) is 5.69 Å². The number of nitro benzene ring substituents is 1. The van der Waals surface area contributed by atoms with E-state index >= 15 is 0 Å². The molecule has 0 fully saturated rings. The molecule has 240 valence electrons. The van der Waals surface area contributed by atoms with Crippen LogP contribution in [0.5, 0.6) is 0 Å². The molecule has 11 nitrogen and oxygen atoms in total. The van der Waals surface area contributed by atoms with Crippen molar-refractivity contribution in [3.63, 3.8) is 0 Å². The molecule has 3 N–H and O–H groups in total. The highest BCUT2D eigenvalue weighted by Crippen LogP contribution is 2.40. The van der Waals surface area contributed by atoms with Crippen molar-refractivity contribution < 1.29 is 9.72 Å². The molecule has 1 aromatic heterocycles. The quantitative estimate of drug-likeness (QED) is 0.126. The van der Waals surface area contributed by atoms with Crippen LogP contribution in [-0.2, 0) is 30.7 Å². The number of H-pyrrole nitrogens is 1. The van der Waals surface area contributed by atoms with E-state index in [2.05, 4.69) is 15.6 Å². The third-order valence-electron chi connectivity index (χ3n) is 8.55. The van der Waals surface area contributed by atoms with Crippen molar-refractivity contribution in [3.05, 3.63) is 138 Å². The molecule has 0 unspecified atom stereocenters. The number of rotatable bonds is 6. The van der Waals surface area contributed by atoms with Crippen LogP contribution in [0.3, 0.4) is 0 Å². The summed E-state index contributed by atoms with van der Waals surface area (Å²) in [5.74, 6) is -0.207. The van der Waals surface area contributed by atoms with Gasteiger partial charge in [-0.05, 0) is 55.0 Å². The van der Waals surface area contributed by atoms with Gasteiger partial charge in [0.2, 0.25) is 5.91 Å². The Kier molecular flexibility index (Phi) is 9.14. The molecule has 0 spiro atoms. The second-order valence-electron chi connectivity index (χ2n) is 11.7. The first-order valence-electron chi connectivity index (χ1n) is 15.7. The van der Waals surface area contributed by atoms with Crippen LogP contribution in [0.25, 0.3) is 11.0 Å². The summed E-state index contributed by atoms with van der Waals surface area (Å²) in [6.45, 7) is 3.93. The van der Waals surface area contributed by atoms with Crippen molar-refractivity contribution in [1.29, 1.82) is 0 Å². The SMILES string of the molecule is CC(=O)N(Cc1ccccc1)c1c([N+](=O)[O-])ccc2c1CCCN2.O=c1[nH]c2ccc3c(c2n(Cc2ccccc2)c1=O)CCCN3. The summed E-state index contributed by atoms with van der Waals surface area (Å²) < 4.78 is 1.61. The molecule has 0 radical (unpaired) electrons. The fraction of sp³-hybridized carbons (Fsp3) is 0.250. The Balaban J connectivity index is 0.000000164. The van der Waals surface area contributed by atoms with Crippen LogP contribution in [-0.4, -0.2) is 33.5 Å². The van der Waals surface area contributed by atoms with Gasteiger partial charge in [-0.3, -0.25) is 29.1 Å². The molecule has 1 amide bonds. The number of nitrogens with one attached hydrogen (secondary N) is 3. The van der Waals surface area contributed by atoms with Crippen LogP contribution in [0.2, 0.25) is 0 Å². The van der Waals surface area contributed by atoms with E-state index in [4.69, 9.17) is 0 Å². The summed E-state index contributed by atoms with van der Waals surface area (Å²) in [6.07, 6.45) is 3.53. The predicted molar refractivity (Wildman–Crippen MR) is 184 cm³/mol. The standard InChI is InChI=1S/C18H19N3O3.C18H17N3O2/c1-13(22)20(12-14-6-3-2-4-7-14)18-15-8-5-11-19-16(15)9-10-17(18)21(23)24;22-17-18(23)21(11-12-5-2-1-3-6-12)16-13-7-4-10-19-14(13)8-9-15(16)20-17/h2-4,6-7,9-10,19H,5,8,11-12H2,1H3;1-3,5-6,8-9,19H,4,7,10-11H2,(H,20,22). The topological polar surface area (TPSA) is 142 Å². The minimum absolute atomic E-state index is 0.0245. The Morgan fingerprint density at radius 1 is 0.830 bits per heavy atom. The van der Waals surface area contributed by atoms with Crippen LogP contribution in [0.1, 0.15) is 42.0 Å². The highest BCUT2D eigenvalue weighted by molar-refractivity contribution is 5.96. The number of aromatic amines is 1. The molecule has 11 heteroatoms. The maximum atomic E-state index is 12.5. The molecule has 0 saturated carbocycles. The number of amides is 1. The smallest absolute Gasteiger partial charge is 0.317 e. The minimum Gasteiger partial charge on any atom is -0.385 e. The van der Waals surface area contributed by atoms with Crippen molar-refractivity contribution in [2.45, 2.75) is 45.7 Å². The van der Waals surface area contributed by atoms with Gasteiger partial charge in [-0.2, -0.15) is 0 Å². The third kappa shape index (κ3) is 6.64. The molecule has 7 rings (SSSR count). The zero-order valence-corrected chi connectivity index (χ0v) is 26.1. The lowest BCUT2D eigenvalue weighted by Gasteiger charge is -2.27. The van der Waals surface area contributed by atoms with Crippen molar-refractivity contribution in [2.75, 3.05) is 28.6 Å². The van der Waals surface area contributed by atoms with Crippen molar-refractivity contribution in [2.24, 2.45) is 0 Å². The zero-order valence-electron chi connectivity index (χ0n) is 26.1. The average Bonchev–Trinajstić information content (AvgIpc) is 3.09. The Labute approximate surface area is 271 Å². The number of hydrogen-bond acceptors (Lipinski definition) is 7. The second-order valence-corrected chi connectivity index (χ2v) is 11.7. The van der Waals surface area contributed by atoms with Crippen molar-refractivity contribution in [1.82, 2.24) is 9.55 Å². The Hall–Kier alpha value is -5.71. The summed E-state index contributed by atoms with van der Waals surface area (Å²) in [7, 11) is 0. The maximum Gasteiger partial charge on any atom is 0.317 e. The number of aryl methyl sites for hydroxylation is 1. The van der Waals surface area contributed by atoms with Gasteiger partial charge in [-0.1, -0.05) is 60.7 Å². The highest BCUT2D eigenvalue weighted by atomic mass is 16.6. The Bertz CT molecular complexity index is 2060. The number of anilines is 3. The summed E-state index contributed by atoms with van der Waals surface area (Å²) in [4.78, 5) is 52.1. The summed E-state index contributed by atoms with van der Waals surface area (Å²) in [6, 6.07) is 26.3. The predicted octanol–water partition coefficient (Wildman–Crippen LogP) is 5.60. The number of aromatic nitrogens is 2. The van der Waals surface area contributed by atoms with E-state index in [9.17, 15) is 24.5 Å². The molecule has 0 bridgehead atoms. The second kappa shape index (κ2) is 13.7. The van der Waals surface area contributed by atoms with Gasteiger partial charge in [-0.15, -0.1) is 0 Å². The highest BCUT2D eigenvalue weighted by Gasteiger charge is 2.29. The van der Waals surface area contributed by atoms with Gasteiger partial charge in [0.05, 0.1) is 29.0 Å². The van der Waals surface area contributed by atoms with E-state index in [0.29, 0.717) is 24.3 Å². The molecule has 0 aliphatic carbocycles. The van der Waals surface area contributed by atoms with E-state index in [1.165, 1.54) is 17.9 Å². The molecule has 2 aliphatic heterocycles. The minimum atomic E-state index is -0.572. The number of nitro groups is 1. The van der Waals surface area contributed by atoms with Crippen LogP contribution >= 0.6 is 0 Å². The molecular formula is C36H36N6O5. The Morgan fingerprint density at radius 3 is 2.06 bits per heavy atom. The summed E-state index contributed by atoms with van der Waals surface area (Å²) in [5.41, 5.74) is 6.70. The Morgan fingerprint density at radius 2 is 1.43 bits per heavy atom. The number of fused-ring (bicyclic) bond motifs is 4. The molecule has 2 aliphatic rings. The number of benzene rings is 4. The van der Waals surface area contributed by atoms with Gasteiger partial charge in [0, 0.05) is 48.6 Å². The van der Waals surface area contributed by atoms with Gasteiger partial charge in [0.15, 0.2) is 0 Å². The molecular weight excluding hydrogens is 596 g/mol. The first kappa shape index (κ1) is 31.3. The van der Waals surface area contributed by atoms with Crippen molar-refractivity contribution >= 4 is 39.7 Å². The van der Waals surface area contributed by atoms with Gasteiger partial charge in [0.25, 0.3) is 5.69 Å². The van der Waals surface area contributed by atoms with E-state index in [1.807, 2.05) is 72.8 Å². The number of carbonyl (C=O) groups excluding carboxylic acids is 1. The average molecular weight is 633 g/mol. The fourth-order valence-electron chi connectivity index (χ4n) is 6.36. The maximum absolute atomic E-state index is 12.5. The summed E-state index contributed by atoms with van der Waals surface area (Å²) >= 11 is 0. The van der Waals surface area contributed by atoms with Crippen LogP contribution in [0.4, 0.5) is 22.7 Å². The van der Waals surface area contributed by atoms with Crippen LogP contribution in [0, 0.1) is 10.1 Å². The zero-order chi connectivity index (χ0) is 32.9. The molecule has 4 aromatic carbocycles. The van der Waals surface area contributed by atoms with Gasteiger partial charge < -0.3 is 20.5 Å². The first-order valence-corrected chi connectivity index (χ1v) is 15.7. The largest absolute Gasteiger partial charge is 0.385 e. The first-order chi connectivity index (χ1) is 22.8. The normalized spacial score (nSPS) is 13.2. The number of nitrogens with zero attached hydrogens (tertiary/aromatic N) is 3. The summed E-state index contributed by atoms with van der Waals surface area (Å²) in [5, 5.41) is 18.2. The van der Waals surface area contributed by atoms with Gasteiger partial charge >= 0.3 is 11.1 Å². The van der Waals surface area contributed by atoms with E-state index in [0.717, 1.165) is 77.9 Å². The van der Waals surface area contributed by atoms with E-state index < -0.39 is 16.0 Å². The van der Waals surface area contributed by atoms with E-state index in [1.54, 1.807) is 10.6 Å². The molecule has 0 atom stereocenters. The van der Waals surface area contributed by atoms with Crippen LogP contribution in [0.15, 0.2) is 94.5 Å². The fourth-order valence-corrected chi connectivity index (χ4v) is 6.36. The van der Waals surface area contributed by atoms with E-state index in [-0.39, 0.29) is 11.6 Å². The lowest BCUT2D eigenvalue weighted by molar-refractivity contribution is -0.384. The number of carbonyl (C=O) groups is 1. The third-order valence-corrected chi connectivity index (χ3v) is 8.55. The van der Waals surface area contributed by atoms with Gasteiger partial charge in [-0.25, -0.2) is 0 Å². The number of hydrogen-bond donors (Lipinski definition) is 3. The molecule has 3 heterocycles. The molecule has 0 saturated heterocycles. The molecule has 5 aromatic rings. The lowest BCUT2D eigenvalue weighted by Crippen LogP contribution is -2.37. The molecule has 47 heavy (non-hydrogen) atoms. The van der Waals surface area contributed by atoms with Crippen molar-refractivity contribution in [3.8, 4) is 0 Å².